The first-order chi connectivity index (χ1) is 7.88. The van der Waals surface area contributed by atoms with Crippen molar-refractivity contribution >= 4 is 5.97 Å². The van der Waals surface area contributed by atoms with Gasteiger partial charge in [-0.25, -0.2) is 4.79 Å². The first kappa shape index (κ1) is 16.9. The zero-order chi connectivity index (χ0) is 14.8. The van der Waals surface area contributed by atoms with E-state index in [0.29, 0.717) is 0 Å². The number of hydrogen-bond acceptors (Lipinski definition) is 5. The molecule has 0 aromatic carbocycles. The van der Waals surface area contributed by atoms with Crippen LogP contribution in [0.4, 0.5) is 26.3 Å². The summed E-state index contributed by atoms with van der Waals surface area (Å²) in [6.07, 6.45) is -14.5. The number of hydrogen-bond donors (Lipinski definition) is 3. The Morgan fingerprint density at radius 3 is 1.78 bits per heavy atom. The van der Waals surface area contributed by atoms with Crippen LogP contribution in [0.1, 0.15) is 0 Å². The van der Waals surface area contributed by atoms with Gasteiger partial charge in [0.1, 0.15) is 12.7 Å². The molecule has 0 spiro atoms. The molecule has 0 bridgehead atoms. The van der Waals surface area contributed by atoms with Crippen LogP contribution < -0.4 is 0 Å². The number of carbonyl (C=O) groups excluding carboxylic acids is 1. The monoisotopic (exact) mass is 286 g/mol. The molecular formula is C7H8F6O5. The van der Waals surface area contributed by atoms with Gasteiger partial charge in [0.05, 0.1) is 6.61 Å². The van der Waals surface area contributed by atoms with Crippen molar-refractivity contribution in [3.05, 3.63) is 0 Å². The number of carbonyl (C=O) groups is 1. The van der Waals surface area contributed by atoms with Gasteiger partial charge in [0.25, 0.3) is 0 Å². The molecule has 0 aromatic rings. The maximum absolute atomic E-state index is 12.1. The van der Waals surface area contributed by atoms with Crippen molar-refractivity contribution in [2.24, 2.45) is 0 Å². The predicted octanol–water partition coefficient (Wildman–Crippen LogP) is -0.262. The van der Waals surface area contributed by atoms with Gasteiger partial charge in [-0.05, 0) is 0 Å². The van der Waals surface area contributed by atoms with Gasteiger partial charge in [-0.15, -0.1) is 0 Å². The summed E-state index contributed by atoms with van der Waals surface area (Å²) in [5, 5.41) is 25.3. The average molecular weight is 286 g/mol. The van der Waals surface area contributed by atoms with Gasteiger partial charge in [-0.2, -0.15) is 26.3 Å². The summed E-state index contributed by atoms with van der Waals surface area (Å²) in [4.78, 5) is 10.7. The number of ether oxygens (including phenoxy) is 1. The minimum Gasteiger partial charge on any atom is -0.460 e. The lowest BCUT2D eigenvalue weighted by atomic mass is 10.0. The van der Waals surface area contributed by atoms with E-state index >= 15 is 0 Å². The molecule has 0 fully saturated rings. The SMILES string of the molecule is O=C(OCC(O)CO)C(O)(C(F)(F)F)C(F)(F)F. The largest absolute Gasteiger partial charge is 0.460 e. The first-order valence-electron chi connectivity index (χ1n) is 4.20. The zero-order valence-electron chi connectivity index (χ0n) is 8.42. The minimum absolute atomic E-state index is 1.05. The molecule has 3 N–H and O–H groups in total. The second-order valence-electron chi connectivity index (χ2n) is 3.14. The van der Waals surface area contributed by atoms with Crippen LogP contribution in [-0.2, 0) is 9.53 Å². The van der Waals surface area contributed by atoms with Crippen LogP contribution in [0.5, 0.6) is 0 Å². The van der Waals surface area contributed by atoms with Crippen LogP contribution >= 0.6 is 0 Å². The third-order valence-electron chi connectivity index (χ3n) is 1.73. The Morgan fingerprint density at radius 2 is 1.50 bits per heavy atom. The highest BCUT2D eigenvalue weighted by Gasteiger charge is 2.76. The zero-order valence-corrected chi connectivity index (χ0v) is 8.42. The van der Waals surface area contributed by atoms with Crippen LogP contribution in [0.15, 0.2) is 0 Å². The summed E-state index contributed by atoms with van der Waals surface area (Å²) in [5.74, 6) is -3.03. The standard InChI is InChI=1S/C7H8F6O5/c8-6(9,10)5(17,7(11,12)13)4(16)18-2-3(15)1-14/h3,14-15,17H,1-2H2. The fraction of sp³-hybridized carbons (Fsp3) is 0.857. The number of esters is 1. The van der Waals surface area contributed by atoms with E-state index in [9.17, 15) is 31.1 Å². The maximum atomic E-state index is 12.1. The van der Waals surface area contributed by atoms with Crippen molar-refractivity contribution in [1.82, 2.24) is 0 Å². The Bertz CT molecular complexity index is 284. The minimum atomic E-state index is -6.34. The Hall–Kier alpha value is -1.07. The summed E-state index contributed by atoms with van der Waals surface area (Å²) in [6, 6.07) is 0. The van der Waals surface area contributed by atoms with Crippen LogP contribution in [0.25, 0.3) is 0 Å². The summed E-state index contributed by atoms with van der Waals surface area (Å²) in [5.41, 5.74) is -5.69. The third-order valence-corrected chi connectivity index (χ3v) is 1.73. The molecule has 108 valence electrons. The van der Waals surface area contributed by atoms with Crippen molar-refractivity contribution < 1.29 is 51.2 Å². The summed E-state index contributed by atoms with van der Waals surface area (Å²) in [6.45, 7) is -2.38. The smallest absolute Gasteiger partial charge is 0.437 e. The molecule has 0 radical (unpaired) electrons. The molecule has 0 saturated carbocycles. The Kier molecular flexibility index (Phi) is 4.97. The normalized spacial score (nSPS) is 15.4. The van der Waals surface area contributed by atoms with Crippen molar-refractivity contribution in [1.29, 1.82) is 0 Å². The molecule has 0 aliphatic heterocycles. The molecule has 18 heavy (non-hydrogen) atoms. The molecule has 0 rings (SSSR count). The number of aliphatic hydroxyl groups excluding tert-OH is 2. The van der Waals surface area contributed by atoms with Gasteiger partial charge in [-0.3, -0.25) is 0 Å². The molecule has 0 aliphatic carbocycles. The number of alkyl halides is 6. The molecule has 0 amide bonds. The lowest BCUT2D eigenvalue weighted by Gasteiger charge is -2.30. The number of rotatable bonds is 4. The molecule has 0 saturated heterocycles. The third kappa shape index (κ3) is 3.23. The van der Waals surface area contributed by atoms with Gasteiger partial charge >= 0.3 is 23.9 Å². The average Bonchev–Trinajstić information content (AvgIpc) is 2.20. The van der Waals surface area contributed by atoms with Crippen molar-refractivity contribution in [3.63, 3.8) is 0 Å². The van der Waals surface area contributed by atoms with E-state index in [2.05, 4.69) is 4.74 Å². The van der Waals surface area contributed by atoms with Gasteiger partial charge in [-0.1, -0.05) is 0 Å². The summed E-state index contributed by atoms with van der Waals surface area (Å²) < 4.78 is 75.9. The van der Waals surface area contributed by atoms with Gasteiger partial charge in [0.15, 0.2) is 0 Å². The van der Waals surface area contributed by atoms with Crippen LogP contribution in [-0.4, -0.2) is 58.6 Å². The van der Waals surface area contributed by atoms with E-state index in [1.54, 1.807) is 0 Å². The Balaban J connectivity index is 5.08. The van der Waals surface area contributed by atoms with Crippen molar-refractivity contribution in [3.8, 4) is 0 Å². The highest BCUT2D eigenvalue weighted by Crippen LogP contribution is 2.43. The maximum Gasteiger partial charge on any atom is 0.437 e. The molecule has 0 heterocycles. The molecule has 1 unspecified atom stereocenters. The second kappa shape index (κ2) is 5.28. The van der Waals surface area contributed by atoms with Gasteiger partial charge < -0.3 is 20.1 Å². The van der Waals surface area contributed by atoms with Crippen LogP contribution in [0.3, 0.4) is 0 Å². The van der Waals surface area contributed by atoms with Crippen molar-refractivity contribution in [2.75, 3.05) is 13.2 Å². The predicted molar refractivity (Wildman–Crippen MR) is 41.1 cm³/mol. The Labute approximate surface area is 95.6 Å². The molecule has 0 aromatic heterocycles. The molecule has 0 aliphatic rings. The molecule has 1 atom stereocenters. The molecular weight excluding hydrogens is 278 g/mol. The van der Waals surface area contributed by atoms with Crippen molar-refractivity contribution in [2.45, 2.75) is 24.1 Å². The summed E-state index contributed by atoms with van der Waals surface area (Å²) in [7, 11) is 0. The van der Waals surface area contributed by atoms with E-state index in [1.807, 2.05) is 0 Å². The van der Waals surface area contributed by atoms with Crippen LogP contribution in [0, 0.1) is 0 Å². The Morgan fingerprint density at radius 1 is 1.11 bits per heavy atom. The highest BCUT2D eigenvalue weighted by molar-refractivity contribution is 5.81. The second-order valence-corrected chi connectivity index (χ2v) is 3.14. The van der Waals surface area contributed by atoms with Gasteiger partial charge in [0, 0.05) is 0 Å². The lowest BCUT2D eigenvalue weighted by molar-refractivity contribution is -0.357. The highest BCUT2D eigenvalue weighted by atomic mass is 19.4. The first-order valence-corrected chi connectivity index (χ1v) is 4.20. The lowest BCUT2D eigenvalue weighted by Crippen LogP contribution is -2.63. The molecule has 5 nitrogen and oxygen atoms in total. The van der Waals surface area contributed by atoms with Crippen LogP contribution in [0.2, 0.25) is 0 Å². The fourth-order valence-corrected chi connectivity index (χ4v) is 0.721. The topological polar surface area (TPSA) is 87.0 Å². The molecule has 11 heteroatoms. The van der Waals surface area contributed by atoms with E-state index in [0.717, 1.165) is 0 Å². The van der Waals surface area contributed by atoms with Gasteiger partial charge in [0.2, 0.25) is 0 Å². The number of halogens is 6. The van der Waals surface area contributed by atoms with E-state index < -0.39 is 43.2 Å². The van der Waals surface area contributed by atoms with E-state index in [-0.39, 0.29) is 0 Å². The van der Waals surface area contributed by atoms with E-state index in [1.165, 1.54) is 0 Å². The quantitative estimate of drug-likeness (QED) is 0.489. The van der Waals surface area contributed by atoms with E-state index in [4.69, 9.17) is 15.3 Å². The summed E-state index contributed by atoms with van der Waals surface area (Å²) >= 11 is 0. The number of aliphatic hydroxyl groups is 3. The fourth-order valence-electron chi connectivity index (χ4n) is 0.721.